The van der Waals surface area contributed by atoms with Gasteiger partial charge < -0.3 is 15.0 Å². The van der Waals surface area contributed by atoms with Crippen LogP contribution >= 0.6 is 0 Å². The molecule has 0 bridgehead atoms. The molecule has 0 heterocycles. The summed E-state index contributed by atoms with van der Waals surface area (Å²) in [5.41, 5.74) is 1.06. The van der Waals surface area contributed by atoms with Gasteiger partial charge in [0.1, 0.15) is 11.6 Å². The summed E-state index contributed by atoms with van der Waals surface area (Å²) in [6.07, 6.45) is 7.31. The van der Waals surface area contributed by atoms with Crippen LogP contribution < -0.4 is 15.0 Å². The van der Waals surface area contributed by atoms with Gasteiger partial charge >= 0.3 is 0 Å². The van der Waals surface area contributed by atoms with Crippen molar-refractivity contribution in [2.24, 2.45) is 0 Å². The van der Waals surface area contributed by atoms with Gasteiger partial charge in [0.25, 0.3) is 0 Å². The monoisotopic (exact) mass is 292 g/mol. The Morgan fingerprint density at radius 1 is 1.10 bits per heavy atom. The topological polar surface area (TPSA) is 24.5 Å². The summed E-state index contributed by atoms with van der Waals surface area (Å²) in [7, 11) is 3.67. The van der Waals surface area contributed by atoms with Crippen molar-refractivity contribution >= 4 is 5.69 Å². The van der Waals surface area contributed by atoms with Gasteiger partial charge in [-0.05, 0) is 57.7 Å². The van der Waals surface area contributed by atoms with E-state index < -0.39 is 0 Å². The maximum absolute atomic E-state index is 13.4. The van der Waals surface area contributed by atoms with Gasteiger partial charge in [0.05, 0.1) is 12.8 Å². The third-order valence-corrected chi connectivity index (χ3v) is 4.86. The molecule has 0 atom stereocenters. The maximum Gasteiger partial charge on any atom is 0.145 e. The fourth-order valence-corrected chi connectivity index (χ4v) is 3.55. The van der Waals surface area contributed by atoms with E-state index in [1.54, 1.807) is 13.2 Å². The van der Waals surface area contributed by atoms with Crippen LogP contribution in [0.2, 0.25) is 0 Å². The molecular formula is C17H25FN2O. The first kappa shape index (κ1) is 14.6. The van der Waals surface area contributed by atoms with Gasteiger partial charge in [0.15, 0.2) is 0 Å². The van der Waals surface area contributed by atoms with E-state index in [0.29, 0.717) is 23.9 Å². The predicted octanol–water partition coefficient (Wildman–Crippen LogP) is 3.33. The van der Waals surface area contributed by atoms with E-state index in [2.05, 4.69) is 10.2 Å². The van der Waals surface area contributed by atoms with Crippen LogP contribution in [-0.4, -0.2) is 32.3 Å². The number of nitrogens with zero attached hydrogens (tertiary/aromatic N) is 1. The smallest absolute Gasteiger partial charge is 0.145 e. The molecule has 2 aliphatic carbocycles. The molecule has 3 rings (SSSR count). The molecule has 0 amide bonds. The zero-order valence-corrected chi connectivity index (χ0v) is 12.9. The quantitative estimate of drug-likeness (QED) is 0.901. The second kappa shape index (κ2) is 6.22. The Kier molecular flexibility index (Phi) is 4.34. The first-order chi connectivity index (χ1) is 10.2. The van der Waals surface area contributed by atoms with Crippen molar-refractivity contribution in [3.8, 4) is 5.75 Å². The van der Waals surface area contributed by atoms with Crippen molar-refractivity contribution in [3.63, 3.8) is 0 Å². The van der Waals surface area contributed by atoms with Crippen LogP contribution in [0.5, 0.6) is 5.75 Å². The molecule has 1 N–H and O–H groups in total. The highest BCUT2D eigenvalue weighted by Gasteiger charge is 2.37. The van der Waals surface area contributed by atoms with Crippen LogP contribution in [0.4, 0.5) is 10.1 Å². The van der Waals surface area contributed by atoms with Crippen LogP contribution in [0, 0.1) is 5.82 Å². The van der Waals surface area contributed by atoms with Crippen molar-refractivity contribution in [3.05, 3.63) is 24.0 Å². The number of halogens is 1. The first-order valence-electron chi connectivity index (χ1n) is 8.02. The van der Waals surface area contributed by atoms with E-state index in [-0.39, 0.29) is 5.82 Å². The molecule has 116 valence electrons. The molecule has 2 saturated carbocycles. The van der Waals surface area contributed by atoms with E-state index in [1.807, 2.05) is 13.1 Å². The van der Waals surface area contributed by atoms with Gasteiger partial charge in [0, 0.05) is 24.2 Å². The van der Waals surface area contributed by atoms with E-state index in [4.69, 9.17) is 4.74 Å². The third kappa shape index (κ3) is 3.15. The second-order valence-electron chi connectivity index (χ2n) is 6.25. The lowest BCUT2D eigenvalue weighted by molar-refractivity contribution is 0.339. The standard InChI is InChI=1S/C17H25FN2O/c1-19-13-4-6-14(7-5-13)20(15-8-9-15)16-10-3-12(18)11-17(16)21-2/h3,10-11,13-15,19H,4-9H2,1-2H3. The number of methoxy groups -OCH3 is 1. The molecule has 0 aliphatic heterocycles. The molecule has 1 aromatic rings. The first-order valence-corrected chi connectivity index (χ1v) is 8.02. The van der Waals surface area contributed by atoms with E-state index in [0.717, 1.165) is 5.69 Å². The number of nitrogens with one attached hydrogen (secondary N) is 1. The summed E-state index contributed by atoms with van der Waals surface area (Å²) < 4.78 is 18.9. The Balaban J connectivity index is 1.82. The zero-order valence-electron chi connectivity index (χ0n) is 12.9. The molecule has 3 nitrogen and oxygen atoms in total. The fourth-order valence-electron chi connectivity index (χ4n) is 3.55. The lowest BCUT2D eigenvalue weighted by Crippen LogP contribution is -2.43. The van der Waals surface area contributed by atoms with Crippen LogP contribution in [0.15, 0.2) is 18.2 Å². The minimum Gasteiger partial charge on any atom is -0.494 e. The zero-order chi connectivity index (χ0) is 14.8. The number of hydrogen-bond donors (Lipinski definition) is 1. The van der Waals surface area contributed by atoms with Crippen LogP contribution in [0.1, 0.15) is 38.5 Å². The number of anilines is 1. The normalized spacial score (nSPS) is 25.7. The minimum atomic E-state index is -0.231. The van der Waals surface area contributed by atoms with E-state index >= 15 is 0 Å². The Labute approximate surface area is 126 Å². The molecule has 0 aromatic heterocycles. The molecule has 2 fully saturated rings. The molecule has 0 saturated heterocycles. The highest BCUT2D eigenvalue weighted by Crippen LogP contribution is 2.41. The van der Waals surface area contributed by atoms with Crippen LogP contribution in [-0.2, 0) is 0 Å². The molecular weight excluding hydrogens is 267 g/mol. The molecule has 21 heavy (non-hydrogen) atoms. The van der Waals surface area contributed by atoms with E-state index in [1.165, 1.54) is 44.6 Å². The molecule has 0 radical (unpaired) electrons. The minimum absolute atomic E-state index is 0.231. The number of rotatable bonds is 5. The van der Waals surface area contributed by atoms with Gasteiger partial charge in [-0.25, -0.2) is 4.39 Å². The lowest BCUT2D eigenvalue weighted by Gasteiger charge is -2.39. The number of benzene rings is 1. The van der Waals surface area contributed by atoms with Gasteiger partial charge in [0.2, 0.25) is 0 Å². The third-order valence-electron chi connectivity index (χ3n) is 4.86. The summed E-state index contributed by atoms with van der Waals surface area (Å²) in [5, 5.41) is 3.39. The summed E-state index contributed by atoms with van der Waals surface area (Å²) in [4.78, 5) is 2.50. The van der Waals surface area contributed by atoms with Crippen molar-refractivity contribution in [1.82, 2.24) is 5.32 Å². The summed E-state index contributed by atoms with van der Waals surface area (Å²) in [5.74, 6) is 0.433. The van der Waals surface area contributed by atoms with Crippen LogP contribution in [0.25, 0.3) is 0 Å². The largest absolute Gasteiger partial charge is 0.494 e. The lowest BCUT2D eigenvalue weighted by atomic mass is 9.89. The Hall–Kier alpha value is -1.29. The molecule has 0 unspecified atom stereocenters. The molecule has 0 spiro atoms. The van der Waals surface area contributed by atoms with Crippen molar-refractivity contribution < 1.29 is 9.13 Å². The molecule has 4 heteroatoms. The molecule has 1 aromatic carbocycles. The van der Waals surface area contributed by atoms with Crippen molar-refractivity contribution in [2.45, 2.75) is 56.7 Å². The van der Waals surface area contributed by atoms with Crippen molar-refractivity contribution in [2.75, 3.05) is 19.1 Å². The summed E-state index contributed by atoms with van der Waals surface area (Å²) in [6, 6.07) is 6.76. The van der Waals surface area contributed by atoms with Gasteiger partial charge in [-0.1, -0.05) is 0 Å². The van der Waals surface area contributed by atoms with Gasteiger partial charge in [-0.3, -0.25) is 0 Å². The predicted molar refractivity (Wildman–Crippen MR) is 83.6 cm³/mol. The average Bonchev–Trinajstić information content (AvgIpc) is 3.34. The Bertz CT molecular complexity index is 482. The van der Waals surface area contributed by atoms with Gasteiger partial charge in [-0.15, -0.1) is 0 Å². The van der Waals surface area contributed by atoms with Crippen LogP contribution in [0.3, 0.4) is 0 Å². The summed E-state index contributed by atoms with van der Waals surface area (Å²) in [6.45, 7) is 0. The van der Waals surface area contributed by atoms with Gasteiger partial charge in [-0.2, -0.15) is 0 Å². The van der Waals surface area contributed by atoms with Crippen molar-refractivity contribution in [1.29, 1.82) is 0 Å². The number of ether oxygens (including phenoxy) is 1. The summed E-state index contributed by atoms with van der Waals surface area (Å²) >= 11 is 0. The average molecular weight is 292 g/mol. The second-order valence-corrected chi connectivity index (χ2v) is 6.25. The highest BCUT2D eigenvalue weighted by molar-refractivity contribution is 5.61. The molecule has 2 aliphatic rings. The Morgan fingerprint density at radius 3 is 2.24 bits per heavy atom. The SMILES string of the molecule is CNC1CCC(N(c2ccc(F)cc2OC)C2CC2)CC1. The number of hydrogen-bond acceptors (Lipinski definition) is 3. The Morgan fingerprint density at radius 2 is 1.71 bits per heavy atom. The van der Waals surface area contributed by atoms with E-state index in [9.17, 15) is 4.39 Å². The fraction of sp³-hybridized carbons (Fsp3) is 0.647. The highest BCUT2D eigenvalue weighted by atomic mass is 19.1. The maximum atomic E-state index is 13.4.